The lowest BCUT2D eigenvalue weighted by Gasteiger charge is -2.07. The van der Waals surface area contributed by atoms with Gasteiger partial charge in [0.1, 0.15) is 0 Å². The van der Waals surface area contributed by atoms with E-state index in [1.54, 1.807) is 0 Å². The minimum absolute atomic E-state index is 0.111. The highest BCUT2D eigenvalue weighted by Gasteiger charge is 2.13. The summed E-state index contributed by atoms with van der Waals surface area (Å²) in [5.41, 5.74) is 6.44. The van der Waals surface area contributed by atoms with Crippen molar-refractivity contribution in [3.63, 3.8) is 0 Å². The molecule has 0 aliphatic carbocycles. The van der Waals surface area contributed by atoms with E-state index in [1.807, 2.05) is 41.1 Å². The van der Waals surface area contributed by atoms with Crippen molar-refractivity contribution in [2.45, 2.75) is 33.7 Å². The van der Waals surface area contributed by atoms with Crippen LogP contribution in [0.5, 0.6) is 0 Å². The number of rotatable bonds is 6. The van der Waals surface area contributed by atoms with Gasteiger partial charge < -0.3 is 5.32 Å². The number of nitrogens with zero attached hydrogens (tertiary/aromatic N) is 3. The highest BCUT2D eigenvalue weighted by molar-refractivity contribution is 7.71. The maximum Gasteiger partial charge on any atom is 0.227 e. The quantitative estimate of drug-likeness (QED) is 0.371. The zero-order valence-electron chi connectivity index (χ0n) is 17.6. The number of anilines is 1. The molecule has 0 aliphatic heterocycles. The summed E-state index contributed by atoms with van der Waals surface area (Å²) in [4.78, 5) is 17.1. The van der Waals surface area contributed by atoms with Crippen molar-refractivity contribution in [2.24, 2.45) is 0 Å². The van der Waals surface area contributed by atoms with Gasteiger partial charge in [-0.15, -0.1) is 11.3 Å². The second-order valence-corrected chi connectivity index (χ2v) is 8.77. The van der Waals surface area contributed by atoms with Crippen LogP contribution in [0.2, 0.25) is 0 Å². The smallest absolute Gasteiger partial charge is 0.227 e. The Kier molecular flexibility index (Phi) is 6.11. The zero-order valence-corrected chi connectivity index (χ0v) is 19.2. The molecule has 0 fully saturated rings. The fraction of sp³-hybridized carbons (Fsp3) is 0.217. The van der Waals surface area contributed by atoms with Gasteiger partial charge in [-0.25, -0.2) is 4.98 Å². The third-order valence-corrected chi connectivity index (χ3v) is 6.07. The number of benzene rings is 2. The Labute approximate surface area is 190 Å². The first-order valence-corrected chi connectivity index (χ1v) is 11.2. The molecule has 4 rings (SSSR count). The molecule has 2 aromatic heterocycles. The Bertz CT molecular complexity index is 1300. The van der Waals surface area contributed by atoms with Gasteiger partial charge in [-0.3, -0.25) is 14.5 Å². The van der Waals surface area contributed by atoms with Crippen molar-refractivity contribution in [3.05, 3.63) is 69.3 Å². The van der Waals surface area contributed by atoms with Crippen LogP contribution >= 0.6 is 23.6 Å². The first kappa shape index (κ1) is 21.1. The van der Waals surface area contributed by atoms with E-state index in [2.05, 4.69) is 52.5 Å². The lowest BCUT2D eigenvalue weighted by atomic mass is 10.0. The number of thiazole rings is 1. The predicted octanol–water partition coefficient (Wildman–Crippen LogP) is 5.69. The van der Waals surface area contributed by atoms with Crippen LogP contribution in [0.15, 0.2) is 47.8 Å². The van der Waals surface area contributed by atoms with Gasteiger partial charge in [-0.05, 0) is 44.6 Å². The van der Waals surface area contributed by atoms with Crippen molar-refractivity contribution < 1.29 is 4.79 Å². The molecular weight excluding hydrogens is 426 g/mol. The number of carbonyl (C=O) groups excluding carboxylic acids is 1. The molecule has 0 unspecified atom stereocenters. The van der Waals surface area contributed by atoms with Gasteiger partial charge in [0.05, 0.1) is 5.69 Å². The normalized spacial score (nSPS) is 10.9. The molecular formula is C23H23N5OS2. The number of hydrogen-bond acceptors (Lipinski definition) is 5. The molecule has 2 heterocycles. The summed E-state index contributed by atoms with van der Waals surface area (Å²) < 4.78 is 2.35. The summed E-state index contributed by atoms with van der Waals surface area (Å²) >= 11 is 6.79. The number of carbonyl (C=O) groups is 1. The lowest BCUT2D eigenvalue weighted by molar-refractivity contribution is -0.116. The van der Waals surface area contributed by atoms with E-state index < -0.39 is 0 Å². The summed E-state index contributed by atoms with van der Waals surface area (Å²) in [6.45, 7) is 6.60. The summed E-state index contributed by atoms with van der Waals surface area (Å²) in [7, 11) is 0. The van der Waals surface area contributed by atoms with Gasteiger partial charge in [0, 0.05) is 29.5 Å². The third-order valence-electron chi connectivity index (χ3n) is 5.01. The van der Waals surface area contributed by atoms with Crippen molar-refractivity contribution in [3.8, 4) is 22.6 Å². The summed E-state index contributed by atoms with van der Waals surface area (Å²) in [5.74, 6) is 0.618. The van der Waals surface area contributed by atoms with E-state index in [9.17, 15) is 4.79 Å². The Balaban J connectivity index is 1.44. The highest BCUT2D eigenvalue weighted by atomic mass is 32.1. The number of amides is 1. The predicted molar refractivity (Wildman–Crippen MR) is 128 cm³/mol. The molecule has 158 valence electrons. The van der Waals surface area contributed by atoms with Gasteiger partial charge in [-0.1, -0.05) is 47.5 Å². The molecule has 6 nitrogen and oxygen atoms in total. The van der Waals surface area contributed by atoms with Crippen LogP contribution in [0, 0.1) is 25.5 Å². The Hall–Kier alpha value is -3.10. The van der Waals surface area contributed by atoms with Crippen molar-refractivity contribution in [1.29, 1.82) is 0 Å². The standard InChI is InChI=1S/C23H23N5OS2/c1-14-5-4-6-17(12-14)21-26-27-23(30)28(21)10-9-20(29)25-22-24-19(13-31-22)18-8-7-15(2)11-16(18)3/h4-8,11-13H,9-10H2,1-3H3,(H,27,30)(H,24,25,29). The van der Waals surface area contributed by atoms with Crippen LogP contribution in [0.4, 0.5) is 5.13 Å². The van der Waals surface area contributed by atoms with E-state index in [0.29, 0.717) is 16.4 Å². The second kappa shape index (κ2) is 8.95. The number of H-pyrrole nitrogens is 1. The molecule has 0 bridgehead atoms. The van der Waals surface area contributed by atoms with Crippen molar-refractivity contribution in [2.75, 3.05) is 5.32 Å². The maximum absolute atomic E-state index is 12.6. The van der Waals surface area contributed by atoms with E-state index in [4.69, 9.17) is 12.2 Å². The molecule has 2 aromatic carbocycles. The molecule has 31 heavy (non-hydrogen) atoms. The first-order chi connectivity index (χ1) is 14.9. The van der Waals surface area contributed by atoms with Gasteiger partial charge in [-0.2, -0.15) is 5.10 Å². The molecule has 0 aliphatic rings. The molecule has 0 atom stereocenters. The minimum atomic E-state index is -0.111. The second-order valence-electron chi connectivity index (χ2n) is 7.53. The molecule has 0 spiro atoms. The van der Waals surface area contributed by atoms with Crippen LogP contribution < -0.4 is 5.32 Å². The number of hydrogen-bond donors (Lipinski definition) is 2. The molecule has 1 amide bonds. The third kappa shape index (κ3) is 4.81. The van der Waals surface area contributed by atoms with Crippen LogP contribution in [-0.2, 0) is 11.3 Å². The van der Waals surface area contributed by atoms with Crippen LogP contribution in [0.25, 0.3) is 22.6 Å². The Morgan fingerprint density at radius 1 is 1.16 bits per heavy atom. The highest BCUT2D eigenvalue weighted by Crippen LogP contribution is 2.28. The number of nitrogens with one attached hydrogen (secondary N) is 2. The summed E-state index contributed by atoms with van der Waals surface area (Å²) in [6, 6.07) is 14.3. The van der Waals surface area contributed by atoms with Crippen molar-refractivity contribution >= 4 is 34.6 Å². The number of aryl methyl sites for hydroxylation is 3. The number of aromatic amines is 1. The van der Waals surface area contributed by atoms with E-state index in [-0.39, 0.29) is 12.3 Å². The maximum atomic E-state index is 12.6. The largest absolute Gasteiger partial charge is 0.302 e. The fourth-order valence-electron chi connectivity index (χ4n) is 3.48. The Morgan fingerprint density at radius 3 is 2.74 bits per heavy atom. The molecule has 4 aromatic rings. The van der Waals surface area contributed by atoms with Crippen LogP contribution in [0.1, 0.15) is 23.1 Å². The van der Waals surface area contributed by atoms with Gasteiger partial charge in [0.2, 0.25) is 5.91 Å². The minimum Gasteiger partial charge on any atom is -0.302 e. The molecule has 0 radical (unpaired) electrons. The van der Waals surface area contributed by atoms with Crippen LogP contribution in [0.3, 0.4) is 0 Å². The van der Waals surface area contributed by atoms with E-state index >= 15 is 0 Å². The fourth-order valence-corrected chi connectivity index (χ4v) is 4.43. The van der Waals surface area contributed by atoms with E-state index in [1.165, 1.54) is 22.5 Å². The topological polar surface area (TPSA) is 75.6 Å². The average Bonchev–Trinajstić information content (AvgIpc) is 3.33. The number of aromatic nitrogens is 4. The SMILES string of the molecule is Cc1cccc(-c2n[nH]c(=S)n2CCC(=O)Nc2nc(-c3ccc(C)cc3C)cs2)c1. The first-order valence-electron chi connectivity index (χ1n) is 9.96. The van der Waals surface area contributed by atoms with Crippen LogP contribution in [-0.4, -0.2) is 25.7 Å². The van der Waals surface area contributed by atoms with E-state index in [0.717, 1.165) is 28.2 Å². The van der Waals surface area contributed by atoms with Crippen molar-refractivity contribution in [1.82, 2.24) is 19.7 Å². The summed E-state index contributed by atoms with van der Waals surface area (Å²) in [6.07, 6.45) is 0.269. The van der Waals surface area contributed by atoms with Gasteiger partial charge >= 0.3 is 0 Å². The lowest BCUT2D eigenvalue weighted by Crippen LogP contribution is -2.15. The molecule has 8 heteroatoms. The Morgan fingerprint density at radius 2 is 1.97 bits per heavy atom. The van der Waals surface area contributed by atoms with Gasteiger partial charge in [0.25, 0.3) is 0 Å². The average molecular weight is 450 g/mol. The molecule has 2 N–H and O–H groups in total. The zero-order chi connectivity index (χ0) is 22.0. The molecule has 0 saturated carbocycles. The summed E-state index contributed by atoms with van der Waals surface area (Å²) in [5, 5.41) is 12.6. The molecule has 0 saturated heterocycles. The monoisotopic (exact) mass is 449 g/mol. The van der Waals surface area contributed by atoms with Gasteiger partial charge in [0.15, 0.2) is 15.7 Å².